The topological polar surface area (TPSA) is 58.9 Å². The summed E-state index contributed by atoms with van der Waals surface area (Å²) in [5, 5.41) is 20.0. The van der Waals surface area contributed by atoms with Gasteiger partial charge in [0, 0.05) is 28.9 Å². The van der Waals surface area contributed by atoms with Crippen LogP contribution in [0.4, 0.5) is 0 Å². The molecule has 0 spiro atoms. The van der Waals surface area contributed by atoms with Crippen molar-refractivity contribution in [2.45, 2.75) is 0 Å². The molecule has 0 bridgehead atoms. The minimum atomic E-state index is 0.201. The molecule has 3 aromatic rings. The SMILES string of the molecule is Bc1ccc(-c2cc3cnccc3cc2O)nn1. The van der Waals surface area contributed by atoms with Crippen LogP contribution >= 0.6 is 0 Å². The number of phenolic OH excluding ortho intramolecular Hbond substituents is 1. The van der Waals surface area contributed by atoms with E-state index in [-0.39, 0.29) is 5.75 Å². The van der Waals surface area contributed by atoms with Crippen LogP contribution in [0.2, 0.25) is 0 Å². The van der Waals surface area contributed by atoms with Gasteiger partial charge in [-0.15, -0.1) is 0 Å². The first kappa shape index (κ1) is 10.7. The average molecular weight is 235 g/mol. The second kappa shape index (κ2) is 4.11. The lowest BCUT2D eigenvalue weighted by Gasteiger charge is -2.06. The Hall–Kier alpha value is -2.43. The lowest BCUT2D eigenvalue weighted by Crippen LogP contribution is -2.09. The molecule has 3 rings (SSSR count). The van der Waals surface area contributed by atoms with Crippen molar-refractivity contribution in [3.8, 4) is 17.0 Å². The van der Waals surface area contributed by atoms with Crippen LogP contribution in [0.25, 0.3) is 22.0 Å². The Kier molecular flexibility index (Phi) is 2.44. The molecule has 18 heavy (non-hydrogen) atoms. The van der Waals surface area contributed by atoms with E-state index in [1.54, 1.807) is 18.5 Å². The fraction of sp³-hybridized carbons (Fsp3) is 0. The van der Waals surface area contributed by atoms with Crippen LogP contribution in [0.15, 0.2) is 42.7 Å². The van der Waals surface area contributed by atoms with Crippen LogP contribution in [0.1, 0.15) is 0 Å². The van der Waals surface area contributed by atoms with Crippen LogP contribution in [-0.2, 0) is 0 Å². The van der Waals surface area contributed by atoms with Gasteiger partial charge in [-0.3, -0.25) is 4.98 Å². The van der Waals surface area contributed by atoms with Gasteiger partial charge in [-0.2, -0.15) is 10.2 Å². The van der Waals surface area contributed by atoms with Crippen molar-refractivity contribution in [3.63, 3.8) is 0 Å². The highest BCUT2D eigenvalue weighted by atomic mass is 16.3. The molecule has 0 aliphatic carbocycles. The molecule has 0 amide bonds. The predicted molar refractivity (Wildman–Crippen MR) is 72.6 cm³/mol. The summed E-state index contributed by atoms with van der Waals surface area (Å²) in [5.74, 6) is 0.201. The maximum atomic E-state index is 10.0. The number of nitrogens with zero attached hydrogens (tertiary/aromatic N) is 3. The number of aromatic nitrogens is 3. The van der Waals surface area contributed by atoms with E-state index < -0.39 is 0 Å². The lowest BCUT2D eigenvalue weighted by molar-refractivity contribution is 0.478. The quantitative estimate of drug-likeness (QED) is 0.629. The molecule has 1 aromatic carbocycles. The predicted octanol–water partition coefficient (Wildman–Crippen LogP) is 0.656. The Bertz CT molecular complexity index is 713. The first-order valence-corrected chi connectivity index (χ1v) is 5.61. The number of hydrogen-bond acceptors (Lipinski definition) is 4. The second-order valence-electron chi connectivity index (χ2n) is 4.15. The molecule has 2 heterocycles. The van der Waals surface area contributed by atoms with Gasteiger partial charge in [0.1, 0.15) is 5.75 Å². The van der Waals surface area contributed by atoms with E-state index in [0.29, 0.717) is 11.3 Å². The van der Waals surface area contributed by atoms with Crippen LogP contribution in [-0.4, -0.2) is 28.1 Å². The molecule has 86 valence electrons. The Morgan fingerprint density at radius 1 is 1.00 bits per heavy atom. The maximum absolute atomic E-state index is 10.0. The van der Waals surface area contributed by atoms with Crippen LogP contribution < -0.4 is 5.59 Å². The Balaban J connectivity index is 2.22. The van der Waals surface area contributed by atoms with E-state index in [0.717, 1.165) is 16.4 Å². The normalized spacial score (nSPS) is 10.7. The van der Waals surface area contributed by atoms with Gasteiger partial charge >= 0.3 is 0 Å². The first-order chi connectivity index (χ1) is 8.74. The number of phenols is 1. The van der Waals surface area contributed by atoms with E-state index in [1.165, 1.54) is 0 Å². The minimum absolute atomic E-state index is 0.201. The van der Waals surface area contributed by atoms with Crippen molar-refractivity contribution >= 4 is 24.2 Å². The van der Waals surface area contributed by atoms with Crippen molar-refractivity contribution in [1.82, 2.24) is 15.2 Å². The molecule has 0 radical (unpaired) electrons. The molecule has 0 aliphatic rings. The maximum Gasteiger partial charge on any atom is 0.166 e. The van der Waals surface area contributed by atoms with Gasteiger partial charge in [0.2, 0.25) is 0 Å². The average Bonchev–Trinajstić information content (AvgIpc) is 2.39. The highest BCUT2D eigenvalue weighted by molar-refractivity contribution is 6.30. The van der Waals surface area contributed by atoms with Gasteiger partial charge in [-0.05, 0) is 35.7 Å². The third kappa shape index (κ3) is 1.80. The molecule has 0 atom stereocenters. The molecule has 0 aliphatic heterocycles. The summed E-state index contributed by atoms with van der Waals surface area (Å²) >= 11 is 0. The largest absolute Gasteiger partial charge is 0.507 e. The molecule has 0 saturated carbocycles. The number of aromatic hydroxyl groups is 1. The number of fused-ring (bicyclic) bond motifs is 1. The Labute approximate surface area is 105 Å². The summed E-state index contributed by atoms with van der Waals surface area (Å²) in [4.78, 5) is 4.07. The molecule has 4 nitrogen and oxygen atoms in total. The van der Waals surface area contributed by atoms with Crippen molar-refractivity contribution < 1.29 is 5.11 Å². The Morgan fingerprint density at radius 3 is 2.67 bits per heavy atom. The van der Waals surface area contributed by atoms with Crippen molar-refractivity contribution in [1.29, 1.82) is 0 Å². The van der Waals surface area contributed by atoms with E-state index in [4.69, 9.17) is 0 Å². The standard InChI is InChI=1S/C13H10BN3O/c14-13-2-1-11(16-17-13)10-5-9-7-15-4-3-8(9)6-12(10)18/h1-7,18H,14H2. The zero-order chi connectivity index (χ0) is 12.5. The summed E-state index contributed by atoms with van der Waals surface area (Å²) in [5.41, 5.74) is 2.17. The Morgan fingerprint density at radius 2 is 1.89 bits per heavy atom. The number of rotatable bonds is 1. The van der Waals surface area contributed by atoms with Gasteiger partial charge in [0.25, 0.3) is 0 Å². The van der Waals surface area contributed by atoms with Crippen molar-refractivity contribution in [2.75, 3.05) is 0 Å². The fourth-order valence-corrected chi connectivity index (χ4v) is 1.87. The van der Waals surface area contributed by atoms with Gasteiger partial charge in [0.05, 0.1) is 5.69 Å². The van der Waals surface area contributed by atoms with Gasteiger partial charge < -0.3 is 5.11 Å². The molecule has 0 unspecified atom stereocenters. The smallest absolute Gasteiger partial charge is 0.166 e. The third-order valence-corrected chi connectivity index (χ3v) is 2.83. The third-order valence-electron chi connectivity index (χ3n) is 2.83. The van der Waals surface area contributed by atoms with Crippen molar-refractivity contribution in [3.05, 3.63) is 42.7 Å². The molecule has 5 heteroatoms. The summed E-state index contributed by atoms with van der Waals surface area (Å²) in [7, 11) is 1.88. The second-order valence-corrected chi connectivity index (χ2v) is 4.15. The minimum Gasteiger partial charge on any atom is -0.507 e. The monoisotopic (exact) mass is 235 g/mol. The highest BCUT2D eigenvalue weighted by Crippen LogP contribution is 2.31. The molecular weight excluding hydrogens is 225 g/mol. The zero-order valence-electron chi connectivity index (χ0n) is 9.83. The summed E-state index contributed by atoms with van der Waals surface area (Å²) in [6.07, 6.45) is 3.47. The van der Waals surface area contributed by atoms with Crippen LogP contribution in [0, 0.1) is 0 Å². The van der Waals surface area contributed by atoms with E-state index in [2.05, 4.69) is 15.2 Å². The number of hydrogen-bond donors (Lipinski definition) is 1. The molecular formula is C13H10BN3O. The zero-order valence-corrected chi connectivity index (χ0v) is 9.83. The van der Waals surface area contributed by atoms with E-state index in [1.807, 2.05) is 32.1 Å². The molecule has 2 aromatic heterocycles. The molecule has 0 fully saturated rings. The highest BCUT2D eigenvalue weighted by Gasteiger charge is 2.08. The molecule has 1 N–H and O–H groups in total. The number of pyridine rings is 1. The van der Waals surface area contributed by atoms with Crippen molar-refractivity contribution in [2.24, 2.45) is 0 Å². The summed E-state index contributed by atoms with van der Waals surface area (Å²) in [6, 6.07) is 9.17. The molecule has 0 saturated heterocycles. The summed E-state index contributed by atoms with van der Waals surface area (Å²) < 4.78 is 0. The van der Waals surface area contributed by atoms with Crippen LogP contribution in [0.5, 0.6) is 5.75 Å². The van der Waals surface area contributed by atoms with E-state index in [9.17, 15) is 5.11 Å². The van der Waals surface area contributed by atoms with Gasteiger partial charge in [-0.1, -0.05) is 0 Å². The van der Waals surface area contributed by atoms with Crippen LogP contribution in [0.3, 0.4) is 0 Å². The fourth-order valence-electron chi connectivity index (χ4n) is 1.87. The van der Waals surface area contributed by atoms with E-state index >= 15 is 0 Å². The lowest BCUT2D eigenvalue weighted by atomic mass is 10.0. The summed E-state index contributed by atoms with van der Waals surface area (Å²) in [6.45, 7) is 0. The first-order valence-electron chi connectivity index (χ1n) is 5.61. The number of benzene rings is 1. The van der Waals surface area contributed by atoms with Gasteiger partial charge in [0.15, 0.2) is 7.85 Å². The van der Waals surface area contributed by atoms with Gasteiger partial charge in [-0.25, -0.2) is 0 Å².